The minimum absolute atomic E-state index is 0.909. The number of thiophene rings is 1. The van der Waals surface area contributed by atoms with Crippen LogP contribution in [0.5, 0.6) is 0 Å². The minimum Gasteiger partial charge on any atom is -0.455 e. The van der Waals surface area contributed by atoms with Crippen LogP contribution in [0.3, 0.4) is 0 Å². The summed E-state index contributed by atoms with van der Waals surface area (Å²) in [5.41, 5.74) is 10.0. The molecule has 0 amide bonds. The van der Waals surface area contributed by atoms with Crippen LogP contribution < -0.4 is 0 Å². The highest BCUT2D eigenvalue weighted by atomic mass is 32.1. The first-order valence-electron chi connectivity index (χ1n) is 15.3. The summed E-state index contributed by atoms with van der Waals surface area (Å²) in [4.78, 5) is 0. The van der Waals surface area contributed by atoms with Crippen LogP contribution in [-0.4, -0.2) is 4.57 Å². The Bertz CT molecular complexity index is 2760. The van der Waals surface area contributed by atoms with E-state index in [1.807, 2.05) is 17.4 Å². The average Bonchev–Trinajstić information content (AvgIpc) is 3.78. The summed E-state index contributed by atoms with van der Waals surface area (Å²) in [6.07, 6.45) is 0. The van der Waals surface area contributed by atoms with Gasteiger partial charge in [-0.1, -0.05) is 121 Å². The van der Waals surface area contributed by atoms with Gasteiger partial charge in [-0.2, -0.15) is 0 Å². The summed E-state index contributed by atoms with van der Waals surface area (Å²) >= 11 is 1.88. The molecule has 0 aliphatic heterocycles. The molecule has 3 heteroatoms. The van der Waals surface area contributed by atoms with E-state index in [1.165, 1.54) is 53.1 Å². The van der Waals surface area contributed by atoms with Gasteiger partial charge in [0.1, 0.15) is 11.2 Å². The molecule has 0 unspecified atom stereocenters. The monoisotopic (exact) mass is 591 g/mol. The van der Waals surface area contributed by atoms with Crippen molar-refractivity contribution in [3.63, 3.8) is 0 Å². The van der Waals surface area contributed by atoms with E-state index in [9.17, 15) is 0 Å². The van der Waals surface area contributed by atoms with Gasteiger partial charge in [-0.3, -0.25) is 0 Å². The molecule has 210 valence electrons. The fraction of sp³-hybridized carbons (Fsp3) is 0. The topological polar surface area (TPSA) is 18.1 Å². The van der Waals surface area contributed by atoms with Crippen molar-refractivity contribution in [2.45, 2.75) is 0 Å². The van der Waals surface area contributed by atoms with Gasteiger partial charge in [0.25, 0.3) is 0 Å². The van der Waals surface area contributed by atoms with Gasteiger partial charge in [-0.15, -0.1) is 11.3 Å². The Morgan fingerprint density at radius 3 is 2.11 bits per heavy atom. The number of nitrogens with zero attached hydrogens (tertiary/aromatic N) is 1. The zero-order valence-corrected chi connectivity index (χ0v) is 25.0. The molecule has 0 saturated carbocycles. The Kier molecular flexibility index (Phi) is 5.19. The van der Waals surface area contributed by atoms with Gasteiger partial charge in [0.15, 0.2) is 0 Å². The van der Waals surface area contributed by atoms with Gasteiger partial charge < -0.3 is 8.98 Å². The normalized spacial score (nSPS) is 12.0. The van der Waals surface area contributed by atoms with E-state index in [2.05, 4.69) is 150 Å². The molecule has 10 rings (SSSR count). The Morgan fingerprint density at radius 2 is 1.20 bits per heavy atom. The first kappa shape index (κ1) is 24.8. The van der Waals surface area contributed by atoms with E-state index in [1.54, 1.807) is 0 Å². The van der Waals surface area contributed by atoms with Crippen LogP contribution in [0.1, 0.15) is 0 Å². The quantitative estimate of drug-likeness (QED) is 0.200. The molecule has 0 fully saturated rings. The van der Waals surface area contributed by atoms with E-state index in [4.69, 9.17) is 4.42 Å². The van der Waals surface area contributed by atoms with Gasteiger partial charge >= 0.3 is 0 Å². The molecule has 0 N–H and O–H groups in total. The van der Waals surface area contributed by atoms with Crippen LogP contribution in [0.25, 0.3) is 91.9 Å². The standard InChI is InChI=1S/C42H25NOS/c1-2-11-26(12-3-1)28-22-21-27(25-36(28)34-17-10-16-33-30-14-5-8-19-38(30)44-41(33)34)43-37-18-7-4-13-29(37)32-23-24-35-31-15-6-9-20-39(31)45-42(35)40(32)43/h1-25H. The van der Waals surface area contributed by atoms with E-state index in [-0.39, 0.29) is 0 Å². The third-order valence-corrected chi connectivity index (χ3v) is 10.4. The SMILES string of the molecule is c1ccc(-c2ccc(-n3c4ccccc4c4ccc5c6ccccc6sc5c43)cc2-c2cccc3c2oc2ccccc23)cc1. The molecule has 0 radical (unpaired) electrons. The van der Waals surface area contributed by atoms with E-state index in [0.29, 0.717) is 0 Å². The summed E-state index contributed by atoms with van der Waals surface area (Å²) in [7, 11) is 0. The molecular weight excluding hydrogens is 567 g/mol. The highest BCUT2D eigenvalue weighted by Gasteiger charge is 2.20. The Balaban J connectivity index is 1.33. The van der Waals surface area contributed by atoms with E-state index >= 15 is 0 Å². The summed E-state index contributed by atoms with van der Waals surface area (Å²) in [6.45, 7) is 0. The number of rotatable bonds is 3. The van der Waals surface area contributed by atoms with Crippen LogP contribution in [0.15, 0.2) is 156 Å². The van der Waals surface area contributed by atoms with Crippen molar-refractivity contribution in [2.24, 2.45) is 0 Å². The van der Waals surface area contributed by atoms with Crippen molar-refractivity contribution in [3.05, 3.63) is 152 Å². The second-order valence-electron chi connectivity index (χ2n) is 11.7. The molecule has 0 aliphatic rings. The van der Waals surface area contributed by atoms with Crippen molar-refractivity contribution in [2.75, 3.05) is 0 Å². The van der Waals surface area contributed by atoms with Crippen molar-refractivity contribution >= 4 is 75.3 Å². The predicted octanol–water partition coefficient (Wildman–Crippen LogP) is 12.4. The molecule has 7 aromatic carbocycles. The van der Waals surface area contributed by atoms with Crippen LogP contribution >= 0.6 is 11.3 Å². The lowest BCUT2D eigenvalue weighted by Crippen LogP contribution is -1.96. The molecular formula is C42H25NOS. The minimum atomic E-state index is 0.909. The second kappa shape index (κ2) is 9.43. The van der Waals surface area contributed by atoms with Gasteiger partial charge in [-0.25, -0.2) is 0 Å². The first-order valence-corrected chi connectivity index (χ1v) is 16.1. The number of aromatic nitrogens is 1. The Labute approximate surface area is 263 Å². The van der Waals surface area contributed by atoms with E-state index < -0.39 is 0 Å². The molecule has 3 heterocycles. The average molecular weight is 592 g/mol. The van der Waals surface area contributed by atoms with Crippen molar-refractivity contribution in [3.8, 4) is 27.9 Å². The van der Waals surface area contributed by atoms with Crippen molar-refractivity contribution in [1.82, 2.24) is 4.57 Å². The third-order valence-electron chi connectivity index (χ3n) is 9.22. The number of benzene rings is 7. The number of hydrogen-bond donors (Lipinski definition) is 0. The number of fused-ring (bicyclic) bond motifs is 10. The summed E-state index contributed by atoms with van der Waals surface area (Å²) < 4.78 is 11.7. The van der Waals surface area contributed by atoms with Crippen LogP contribution in [0.2, 0.25) is 0 Å². The maximum atomic E-state index is 6.59. The molecule has 0 spiro atoms. The van der Waals surface area contributed by atoms with E-state index in [0.717, 1.165) is 38.8 Å². The van der Waals surface area contributed by atoms with Crippen LogP contribution in [0, 0.1) is 0 Å². The number of furan rings is 1. The fourth-order valence-corrected chi connectivity index (χ4v) is 8.46. The third kappa shape index (κ3) is 3.56. The van der Waals surface area contributed by atoms with Crippen LogP contribution in [0.4, 0.5) is 0 Å². The van der Waals surface area contributed by atoms with Gasteiger partial charge in [0.2, 0.25) is 0 Å². The maximum Gasteiger partial charge on any atom is 0.143 e. The summed E-state index contributed by atoms with van der Waals surface area (Å²) in [5, 5.41) is 7.43. The zero-order chi connectivity index (χ0) is 29.5. The highest BCUT2D eigenvalue weighted by Crippen LogP contribution is 2.45. The molecule has 45 heavy (non-hydrogen) atoms. The van der Waals surface area contributed by atoms with Crippen molar-refractivity contribution in [1.29, 1.82) is 0 Å². The first-order chi connectivity index (χ1) is 22.3. The molecule has 0 bridgehead atoms. The van der Waals surface area contributed by atoms with Gasteiger partial charge in [0, 0.05) is 48.3 Å². The molecule has 0 aliphatic carbocycles. The largest absolute Gasteiger partial charge is 0.455 e. The summed E-state index contributed by atoms with van der Waals surface area (Å²) in [6, 6.07) is 54.6. The molecule has 0 saturated heterocycles. The molecule has 0 atom stereocenters. The second-order valence-corrected chi connectivity index (χ2v) is 12.7. The Hall–Kier alpha value is -5.64. The smallest absolute Gasteiger partial charge is 0.143 e. The fourth-order valence-electron chi connectivity index (χ4n) is 7.22. The number of hydrogen-bond acceptors (Lipinski definition) is 2. The Morgan fingerprint density at radius 1 is 0.467 bits per heavy atom. The van der Waals surface area contributed by atoms with Crippen LogP contribution in [-0.2, 0) is 0 Å². The number of para-hydroxylation sites is 3. The lowest BCUT2D eigenvalue weighted by atomic mass is 9.93. The molecule has 3 aromatic heterocycles. The maximum absolute atomic E-state index is 6.59. The zero-order valence-electron chi connectivity index (χ0n) is 24.2. The lowest BCUT2D eigenvalue weighted by Gasteiger charge is -2.15. The lowest BCUT2D eigenvalue weighted by molar-refractivity contribution is 0.670. The van der Waals surface area contributed by atoms with Gasteiger partial charge in [0.05, 0.1) is 15.7 Å². The summed E-state index contributed by atoms with van der Waals surface area (Å²) in [5.74, 6) is 0. The molecule has 2 nitrogen and oxygen atoms in total. The van der Waals surface area contributed by atoms with Crippen molar-refractivity contribution < 1.29 is 4.42 Å². The highest BCUT2D eigenvalue weighted by molar-refractivity contribution is 7.26. The molecule has 10 aromatic rings. The van der Waals surface area contributed by atoms with Gasteiger partial charge in [-0.05, 0) is 47.0 Å². The predicted molar refractivity (Wildman–Crippen MR) is 192 cm³/mol.